The normalized spacial score (nSPS) is 18.6. The van der Waals surface area contributed by atoms with Crippen molar-refractivity contribution >= 4 is 27.3 Å². The van der Waals surface area contributed by atoms with Gasteiger partial charge in [0, 0.05) is 24.5 Å². The van der Waals surface area contributed by atoms with E-state index in [4.69, 9.17) is 0 Å². The Morgan fingerprint density at radius 2 is 1.90 bits per heavy atom. The molecular weight excluding hydrogens is 332 g/mol. The molecule has 1 aromatic carbocycles. The van der Waals surface area contributed by atoms with E-state index in [0.29, 0.717) is 6.04 Å². The summed E-state index contributed by atoms with van der Waals surface area (Å²) in [6.45, 7) is 4.47. The maximum atomic E-state index is 3.60. The van der Waals surface area contributed by atoms with Crippen molar-refractivity contribution in [2.24, 2.45) is 0 Å². The molecule has 3 rings (SSSR count). The van der Waals surface area contributed by atoms with E-state index >= 15 is 0 Å². The first kappa shape index (κ1) is 14.3. The third kappa shape index (κ3) is 3.31. The van der Waals surface area contributed by atoms with Crippen molar-refractivity contribution in [3.63, 3.8) is 0 Å². The fourth-order valence-electron chi connectivity index (χ4n) is 2.79. The second-order valence-corrected chi connectivity index (χ2v) is 7.59. The lowest BCUT2D eigenvalue weighted by Crippen LogP contribution is -2.32. The monoisotopic (exact) mass is 350 g/mol. The Hall–Kier alpha value is -0.680. The zero-order valence-electron chi connectivity index (χ0n) is 11.4. The summed E-state index contributed by atoms with van der Waals surface area (Å²) in [6.07, 6.45) is 1.22. The minimum absolute atomic E-state index is 0.382. The summed E-state index contributed by atoms with van der Waals surface area (Å²) >= 11 is 5.45. The van der Waals surface area contributed by atoms with E-state index in [1.165, 1.54) is 20.6 Å². The predicted molar refractivity (Wildman–Crippen MR) is 89.4 cm³/mol. The molecule has 2 heterocycles. The number of rotatable bonds is 3. The molecule has 4 heteroatoms. The Morgan fingerprint density at radius 3 is 2.65 bits per heavy atom. The highest BCUT2D eigenvalue weighted by Gasteiger charge is 2.24. The van der Waals surface area contributed by atoms with Gasteiger partial charge in [0.1, 0.15) is 0 Å². The van der Waals surface area contributed by atoms with Crippen molar-refractivity contribution in [3.8, 4) is 0 Å². The van der Waals surface area contributed by atoms with E-state index in [1.807, 2.05) is 11.3 Å². The zero-order valence-corrected chi connectivity index (χ0v) is 13.8. The molecule has 1 unspecified atom stereocenters. The molecule has 0 amide bonds. The molecular formula is C16H19BrN2S. The molecule has 1 aliphatic rings. The molecule has 1 fully saturated rings. The quantitative estimate of drug-likeness (QED) is 0.902. The van der Waals surface area contributed by atoms with Crippen LogP contribution in [0.1, 0.15) is 22.9 Å². The average Bonchev–Trinajstić information content (AvgIpc) is 2.74. The minimum Gasteiger partial charge on any atom is -0.315 e. The number of hydrogen-bond donors (Lipinski definition) is 1. The molecule has 0 saturated carbocycles. The van der Waals surface area contributed by atoms with Gasteiger partial charge in [-0.3, -0.25) is 4.90 Å². The topological polar surface area (TPSA) is 15.3 Å². The molecule has 1 saturated heterocycles. The second kappa shape index (κ2) is 6.85. The summed E-state index contributed by atoms with van der Waals surface area (Å²) < 4.78 is 1.21. The summed E-state index contributed by atoms with van der Waals surface area (Å²) in [6, 6.07) is 15.7. The van der Waals surface area contributed by atoms with Gasteiger partial charge in [0.05, 0.1) is 9.83 Å². The Morgan fingerprint density at radius 1 is 1.05 bits per heavy atom. The summed E-state index contributed by atoms with van der Waals surface area (Å²) in [4.78, 5) is 4.03. The molecule has 0 aliphatic carbocycles. The lowest BCUT2D eigenvalue weighted by Gasteiger charge is -2.30. The number of hydrogen-bond acceptors (Lipinski definition) is 3. The van der Waals surface area contributed by atoms with E-state index < -0.39 is 0 Å². The summed E-state index contributed by atoms with van der Waals surface area (Å²) in [5.41, 5.74) is 1.39. The van der Waals surface area contributed by atoms with Crippen LogP contribution in [0.2, 0.25) is 0 Å². The molecule has 1 aliphatic heterocycles. The van der Waals surface area contributed by atoms with Crippen molar-refractivity contribution in [1.29, 1.82) is 0 Å². The highest BCUT2D eigenvalue weighted by molar-refractivity contribution is 9.11. The highest BCUT2D eigenvalue weighted by Crippen LogP contribution is 2.35. The van der Waals surface area contributed by atoms with Gasteiger partial charge in [-0.2, -0.15) is 0 Å². The van der Waals surface area contributed by atoms with Crippen LogP contribution in [0.4, 0.5) is 0 Å². The Kier molecular flexibility index (Phi) is 4.89. The van der Waals surface area contributed by atoms with Gasteiger partial charge in [-0.05, 0) is 46.6 Å². The lowest BCUT2D eigenvalue weighted by atomic mass is 10.0. The van der Waals surface area contributed by atoms with E-state index in [1.54, 1.807) is 0 Å². The fourth-order valence-corrected chi connectivity index (χ4v) is 4.38. The molecule has 0 spiro atoms. The van der Waals surface area contributed by atoms with Crippen LogP contribution in [-0.4, -0.2) is 31.1 Å². The van der Waals surface area contributed by atoms with Crippen LogP contribution in [-0.2, 0) is 0 Å². The van der Waals surface area contributed by atoms with Gasteiger partial charge < -0.3 is 5.32 Å². The molecule has 2 nitrogen and oxygen atoms in total. The summed E-state index contributed by atoms with van der Waals surface area (Å²) in [5, 5.41) is 3.49. The molecule has 0 radical (unpaired) electrons. The maximum absolute atomic E-state index is 3.60. The second-order valence-electron chi connectivity index (χ2n) is 5.09. The van der Waals surface area contributed by atoms with E-state index in [0.717, 1.165) is 26.2 Å². The largest absolute Gasteiger partial charge is 0.315 e. The number of nitrogens with zero attached hydrogens (tertiary/aromatic N) is 1. The minimum atomic E-state index is 0.382. The Balaban J connectivity index is 1.94. The van der Waals surface area contributed by atoms with Gasteiger partial charge in [-0.25, -0.2) is 0 Å². The van der Waals surface area contributed by atoms with Crippen molar-refractivity contribution in [3.05, 3.63) is 56.7 Å². The van der Waals surface area contributed by atoms with Gasteiger partial charge >= 0.3 is 0 Å². The number of halogens is 1. The van der Waals surface area contributed by atoms with Crippen molar-refractivity contribution in [2.75, 3.05) is 26.2 Å². The van der Waals surface area contributed by atoms with Gasteiger partial charge in [0.2, 0.25) is 0 Å². The van der Waals surface area contributed by atoms with Gasteiger partial charge in [-0.1, -0.05) is 30.3 Å². The highest BCUT2D eigenvalue weighted by atomic mass is 79.9. The first-order chi connectivity index (χ1) is 9.84. The van der Waals surface area contributed by atoms with Crippen LogP contribution in [0, 0.1) is 0 Å². The number of benzene rings is 1. The van der Waals surface area contributed by atoms with Crippen molar-refractivity contribution in [1.82, 2.24) is 10.2 Å². The van der Waals surface area contributed by atoms with Crippen LogP contribution in [0.3, 0.4) is 0 Å². The van der Waals surface area contributed by atoms with Gasteiger partial charge in [-0.15, -0.1) is 11.3 Å². The first-order valence-corrected chi connectivity index (χ1v) is 8.70. The van der Waals surface area contributed by atoms with Gasteiger partial charge in [0.15, 0.2) is 0 Å². The first-order valence-electron chi connectivity index (χ1n) is 7.09. The molecule has 1 aromatic heterocycles. The number of thiophene rings is 1. The molecule has 20 heavy (non-hydrogen) atoms. The maximum Gasteiger partial charge on any atom is 0.0702 e. The molecule has 1 N–H and O–H groups in total. The average molecular weight is 351 g/mol. The van der Waals surface area contributed by atoms with Crippen molar-refractivity contribution < 1.29 is 0 Å². The van der Waals surface area contributed by atoms with Crippen molar-refractivity contribution in [2.45, 2.75) is 12.5 Å². The third-order valence-corrected chi connectivity index (χ3v) is 5.39. The molecule has 0 bridgehead atoms. The SMILES string of the molecule is Brc1ccc(C(c2ccccc2)N2CCCNCC2)s1. The summed E-state index contributed by atoms with van der Waals surface area (Å²) in [7, 11) is 0. The smallest absolute Gasteiger partial charge is 0.0702 e. The van der Waals surface area contributed by atoms with E-state index in [9.17, 15) is 0 Å². The van der Waals surface area contributed by atoms with Crippen LogP contribution in [0.5, 0.6) is 0 Å². The van der Waals surface area contributed by atoms with Crippen LogP contribution < -0.4 is 5.32 Å². The Labute approximate surface area is 132 Å². The van der Waals surface area contributed by atoms with Crippen LogP contribution >= 0.6 is 27.3 Å². The standard InChI is InChI=1S/C16H19BrN2S/c17-15-8-7-14(20-15)16(13-5-2-1-3-6-13)19-11-4-9-18-10-12-19/h1-3,5-8,16,18H,4,9-12H2. The third-order valence-electron chi connectivity index (χ3n) is 3.72. The van der Waals surface area contributed by atoms with Crippen LogP contribution in [0.15, 0.2) is 46.3 Å². The van der Waals surface area contributed by atoms with Crippen LogP contribution in [0.25, 0.3) is 0 Å². The predicted octanol–water partition coefficient (Wildman–Crippen LogP) is 3.90. The number of nitrogens with one attached hydrogen (secondary N) is 1. The molecule has 1 atom stereocenters. The Bertz CT molecular complexity index is 532. The summed E-state index contributed by atoms with van der Waals surface area (Å²) in [5.74, 6) is 0. The lowest BCUT2D eigenvalue weighted by molar-refractivity contribution is 0.244. The van der Waals surface area contributed by atoms with Gasteiger partial charge in [0.25, 0.3) is 0 Å². The fraction of sp³-hybridized carbons (Fsp3) is 0.375. The van der Waals surface area contributed by atoms with E-state index in [2.05, 4.69) is 68.6 Å². The molecule has 106 valence electrons. The zero-order chi connectivity index (χ0) is 13.8. The molecule has 2 aromatic rings. The van der Waals surface area contributed by atoms with E-state index in [-0.39, 0.29) is 0 Å².